The molecule has 1 aromatic carbocycles. The van der Waals surface area contributed by atoms with Gasteiger partial charge in [-0.3, -0.25) is 0 Å². The summed E-state index contributed by atoms with van der Waals surface area (Å²) in [5.41, 5.74) is 0.551. The van der Waals surface area contributed by atoms with Gasteiger partial charge in [0.2, 0.25) is 5.76 Å². The van der Waals surface area contributed by atoms with Gasteiger partial charge in [-0.15, -0.1) is 0 Å². The highest BCUT2D eigenvalue weighted by molar-refractivity contribution is 6.34. The van der Waals surface area contributed by atoms with Crippen LogP contribution in [0.4, 0.5) is 0 Å². The van der Waals surface area contributed by atoms with E-state index in [1.807, 2.05) is 0 Å². The highest BCUT2D eigenvalue weighted by Crippen LogP contribution is 2.25. The molecule has 100 valence electrons. The number of furan rings is 1. The standard InChI is InChI=1S/C13H10Cl2O4/c1-7-2-11(19-12(7)13(16)17)6-18-10-4-8(14)3-9(15)5-10/h2-5H,6H2,1H3,(H,16,17). The fourth-order valence-corrected chi connectivity index (χ4v) is 2.10. The van der Waals surface area contributed by atoms with Gasteiger partial charge in [0.1, 0.15) is 18.1 Å². The van der Waals surface area contributed by atoms with Crippen LogP contribution in [0.5, 0.6) is 5.75 Å². The third kappa shape index (κ3) is 3.43. The van der Waals surface area contributed by atoms with Gasteiger partial charge in [-0.2, -0.15) is 0 Å². The topological polar surface area (TPSA) is 59.7 Å². The normalized spacial score (nSPS) is 10.5. The molecule has 4 nitrogen and oxygen atoms in total. The number of carboxylic acids is 1. The lowest BCUT2D eigenvalue weighted by Crippen LogP contribution is -1.96. The number of ether oxygens (including phenoxy) is 1. The summed E-state index contributed by atoms with van der Waals surface area (Å²) < 4.78 is 10.6. The molecule has 0 radical (unpaired) electrons. The van der Waals surface area contributed by atoms with Crippen LogP contribution in [0, 0.1) is 6.92 Å². The molecule has 2 aromatic rings. The van der Waals surface area contributed by atoms with Gasteiger partial charge >= 0.3 is 5.97 Å². The van der Waals surface area contributed by atoms with E-state index in [0.29, 0.717) is 27.1 Å². The van der Waals surface area contributed by atoms with Crippen LogP contribution in [-0.4, -0.2) is 11.1 Å². The molecule has 1 aromatic heterocycles. The molecule has 0 aliphatic heterocycles. The highest BCUT2D eigenvalue weighted by atomic mass is 35.5. The maximum absolute atomic E-state index is 10.8. The molecule has 0 bridgehead atoms. The molecule has 0 atom stereocenters. The van der Waals surface area contributed by atoms with Crippen molar-refractivity contribution >= 4 is 29.2 Å². The average molecular weight is 301 g/mol. The van der Waals surface area contributed by atoms with Crippen LogP contribution in [0.15, 0.2) is 28.7 Å². The molecule has 0 unspecified atom stereocenters. The number of carboxylic acid groups (broad SMARTS) is 1. The van der Waals surface area contributed by atoms with Gasteiger partial charge in [0.25, 0.3) is 0 Å². The summed E-state index contributed by atoms with van der Waals surface area (Å²) in [5, 5.41) is 9.79. The molecule has 0 aliphatic carbocycles. The molecular formula is C13H10Cl2O4. The molecule has 0 aliphatic rings. The number of benzene rings is 1. The van der Waals surface area contributed by atoms with Crippen LogP contribution in [-0.2, 0) is 6.61 Å². The van der Waals surface area contributed by atoms with Gasteiger partial charge in [-0.05, 0) is 31.2 Å². The van der Waals surface area contributed by atoms with Crippen LogP contribution >= 0.6 is 23.2 Å². The first kappa shape index (κ1) is 13.8. The molecule has 6 heteroatoms. The number of hydrogen-bond donors (Lipinski definition) is 1. The molecule has 2 rings (SSSR count). The third-order valence-electron chi connectivity index (χ3n) is 2.38. The first-order valence-corrected chi connectivity index (χ1v) is 6.13. The van der Waals surface area contributed by atoms with E-state index in [-0.39, 0.29) is 12.4 Å². The Labute approximate surface area is 119 Å². The van der Waals surface area contributed by atoms with Crippen molar-refractivity contribution < 1.29 is 19.1 Å². The second-order valence-corrected chi connectivity index (χ2v) is 4.80. The van der Waals surface area contributed by atoms with Crippen molar-refractivity contribution in [1.82, 2.24) is 0 Å². The van der Waals surface area contributed by atoms with Crippen molar-refractivity contribution in [3.8, 4) is 5.75 Å². The third-order valence-corrected chi connectivity index (χ3v) is 2.82. The molecule has 0 amide bonds. The van der Waals surface area contributed by atoms with Gasteiger partial charge in [-0.1, -0.05) is 23.2 Å². The van der Waals surface area contributed by atoms with E-state index >= 15 is 0 Å². The molecule has 1 N–H and O–H groups in total. The van der Waals surface area contributed by atoms with Crippen LogP contribution < -0.4 is 4.74 Å². The van der Waals surface area contributed by atoms with Crippen molar-refractivity contribution in [2.24, 2.45) is 0 Å². The predicted molar refractivity (Wildman–Crippen MR) is 71.2 cm³/mol. The van der Waals surface area contributed by atoms with E-state index in [1.165, 1.54) is 0 Å². The Morgan fingerprint density at radius 3 is 2.42 bits per heavy atom. The Hall–Kier alpha value is -1.65. The molecule has 19 heavy (non-hydrogen) atoms. The van der Waals surface area contributed by atoms with Crippen molar-refractivity contribution in [2.45, 2.75) is 13.5 Å². The number of aromatic carboxylic acids is 1. The van der Waals surface area contributed by atoms with E-state index in [9.17, 15) is 4.79 Å². The lowest BCUT2D eigenvalue weighted by molar-refractivity contribution is 0.0657. The Bertz CT molecular complexity index is 599. The van der Waals surface area contributed by atoms with Crippen molar-refractivity contribution in [1.29, 1.82) is 0 Å². The summed E-state index contributed by atoms with van der Waals surface area (Å²) in [6.45, 7) is 1.76. The average Bonchev–Trinajstić information content (AvgIpc) is 2.67. The van der Waals surface area contributed by atoms with Gasteiger partial charge in [0, 0.05) is 15.6 Å². The van der Waals surface area contributed by atoms with Gasteiger partial charge in [-0.25, -0.2) is 4.79 Å². The van der Waals surface area contributed by atoms with E-state index in [2.05, 4.69) is 0 Å². The fourth-order valence-electron chi connectivity index (χ4n) is 1.60. The molecule has 0 fully saturated rings. The minimum Gasteiger partial charge on any atom is -0.486 e. The van der Waals surface area contributed by atoms with E-state index in [1.54, 1.807) is 31.2 Å². The van der Waals surface area contributed by atoms with Gasteiger partial charge < -0.3 is 14.3 Å². The van der Waals surface area contributed by atoms with Crippen molar-refractivity contribution in [3.63, 3.8) is 0 Å². The van der Waals surface area contributed by atoms with E-state index in [0.717, 1.165) is 0 Å². The van der Waals surface area contributed by atoms with Crippen LogP contribution in [0.25, 0.3) is 0 Å². The highest BCUT2D eigenvalue weighted by Gasteiger charge is 2.14. The maximum atomic E-state index is 10.8. The Balaban J connectivity index is 2.10. The zero-order chi connectivity index (χ0) is 14.0. The number of carbonyl (C=O) groups is 1. The minimum absolute atomic E-state index is 0.0808. The van der Waals surface area contributed by atoms with E-state index < -0.39 is 5.97 Å². The zero-order valence-electron chi connectivity index (χ0n) is 9.94. The lowest BCUT2D eigenvalue weighted by atomic mass is 10.3. The molecule has 0 saturated carbocycles. The minimum atomic E-state index is -1.10. The second-order valence-electron chi connectivity index (χ2n) is 3.92. The quantitative estimate of drug-likeness (QED) is 0.920. The Kier molecular flexibility index (Phi) is 4.02. The summed E-state index contributed by atoms with van der Waals surface area (Å²) in [6.07, 6.45) is 0. The summed E-state index contributed by atoms with van der Waals surface area (Å²) in [4.78, 5) is 10.8. The van der Waals surface area contributed by atoms with Crippen LogP contribution in [0.2, 0.25) is 10.0 Å². The summed E-state index contributed by atoms with van der Waals surface area (Å²) in [5.74, 6) is -0.272. The largest absolute Gasteiger partial charge is 0.486 e. The SMILES string of the molecule is Cc1cc(COc2cc(Cl)cc(Cl)c2)oc1C(=O)O. The summed E-state index contributed by atoms with van der Waals surface area (Å²) >= 11 is 11.7. The smallest absolute Gasteiger partial charge is 0.372 e. The lowest BCUT2D eigenvalue weighted by Gasteiger charge is -2.05. The molecule has 0 spiro atoms. The molecular weight excluding hydrogens is 291 g/mol. The Morgan fingerprint density at radius 2 is 1.89 bits per heavy atom. The van der Waals surface area contributed by atoms with Crippen LogP contribution in [0.3, 0.4) is 0 Å². The van der Waals surface area contributed by atoms with Gasteiger partial charge in [0.05, 0.1) is 0 Å². The van der Waals surface area contributed by atoms with Crippen LogP contribution in [0.1, 0.15) is 21.9 Å². The molecule has 0 saturated heterocycles. The number of rotatable bonds is 4. The Morgan fingerprint density at radius 1 is 1.26 bits per heavy atom. The molecule has 1 heterocycles. The monoisotopic (exact) mass is 300 g/mol. The predicted octanol–water partition coefficient (Wildman–Crippen LogP) is 4.17. The summed E-state index contributed by atoms with van der Waals surface area (Å²) in [7, 11) is 0. The number of aryl methyl sites for hydroxylation is 1. The maximum Gasteiger partial charge on any atom is 0.372 e. The first-order chi connectivity index (χ1) is 8.95. The van der Waals surface area contributed by atoms with Crippen molar-refractivity contribution in [2.75, 3.05) is 0 Å². The zero-order valence-corrected chi connectivity index (χ0v) is 11.5. The van der Waals surface area contributed by atoms with Crippen molar-refractivity contribution in [3.05, 3.63) is 51.4 Å². The first-order valence-electron chi connectivity index (χ1n) is 5.37. The van der Waals surface area contributed by atoms with Gasteiger partial charge in [0.15, 0.2) is 0 Å². The fraction of sp³-hybridized carbons (Fsp3) is 0.154. The number of halogens is 2. The summed E-state index contributed by atoms with van der Waals surface area (Å²) in [6, 6.07) is 6.44. The number of hydrogen-bond acceptors (Lipinski definition) is 3. The second kappa shape index (κ2) is 5.55. The van der Waals surface area contributed by atoms with E-state index in [4.69, 9.17) is 37.5 Å².